The molecule has 4 nitrogen and oxygen atoms in total. The molecule has 2 aromatic rings. The Bertz CT molecular complexity index is 575. The van der Waals surface area contributed by atoms with Gasteiger partial charge in [-0.3, -0.25) is 4.90 Å². The molecule has 1 aromatic heterocycles. The first-order chi connectivity index (χ1) is 10.2. The zero-order chi connectivity index (χ0) is 14.7. The van der Waals surface area contributed by atoms with Crippen LogP contribution in [-0.4, -0.2) is 36.1 Å². The lowest BCUT2D eigenvalue weighted by atomic mass is 10.1. The predicted octanol–water partition coefficient (Wildman–Crippen LogP) is 3.18. The minimum absolute atomic E-state index is 0.627. The average Bonchev–Trinajstić information content (AvgIpc) is 2.97. The molecule has 21 heavy (non-hydrogen) atoms. The fourth-order valence-electron chi connectivity index (χ4n) is 2.74. The van der Waals surface area contributed by atoms with E-state index in [1.54, 1.807) is 6.26 Å². The van der Waals surface area contributed by atoms with Crippen molar-refractivity contribution in [1.29, 1.82) is 0 Å². The van der Waals surface area contributed by atoms with Crippen molar-refractivity contribution in [2.45, 2.75) is 25.4 Å². The molecule has 112 valence electrons. The molecule has 0 radical (unpaired) electrons. The lowest BCUT2D eigenvalue weighted by Gasteiger charge is -2.30. The summed E-state index contributed by atoms with van der Waals surface area (Å²) in [5.41, 5.74) is 1.93. The molecule has 5 heteroatoms. The quantitative estimate of drug-likeness (QED) is 0.942. The standard InChI is InChI=1S/C16H20ClN3O/c1-20(15-6-8-18-9-7-15)10-14-11-21-16(19-14)12-2-4-13(17)5-3-12/h2-5,11,15,18H,6-10H2,1H3. The van der Waals surface area contributed by atoms with Crippen molar-refractivity contribution in [2.75, 3.05) is 20.1 Å². The highest BCUT2D eigenvalue weighted by molar-refractivity contribution is 6.30. The van der Waals surface area contributed by atoms with Gasteiger partial charge in [-0.05, 0) is 57.2 Å². The molecule has 0 spiro atoms. The number of oxazole rings is 1. The van der Waals surface area contributed by atoms with Gasteiger partial charge < -0.3 is 9.73 Å². The van der Waals surface area contributed by atoms with Gasteiger partial charge in [0.25, 0.3) is 0 Å². The van der Waals surface area contributed by atoms with E-state index in [2.05, 4.69) is 22.2 Å². The van der Waals surface area contributed by atoms with Crippen molar-refractivity contribution in [3.8, 4) is 11.5 Å². The first kappa shape index (κ1) is 14.6. The summed E-state index contributed by atoms with van der Waals surface area (Å²) in [6.07, 6.45) is 4.14. The Balaban J connectivity index is 1.65. The van der Waals surface area contributed by atoms with Gasteiger partial charge in [0, 0.05) is 23.2 Å². The Morgan fingerprint density at radius 1 is 1.29 bits per heavy atom. The molecule has 1 fully saturated rings. The predicted molar refractivity (Wildman–Crippen MR) is 84.3 cm³/mol. The number of hydrogen-bond donors (Lipinski definition) is 1. The molecule has 0 atom stereocenters. The van der Waals surface area contributed by atoms with E-state index in [4.69, 9.17) is 16.0 Å². The van der Waals surface area contributed by atoms with E-state index in [0.29, 0.717) is 11.9 Å². The average molecular weight is 306 g/mol. The largest absolute Gasteiger partial charge is 0.444 e. The molecule has 0 aliphatic carbocycles. The Morgan fingerprint density at radius 3 is 2.71 bits per heavy atom. The summed E-state index contributed by atoms with van der Waals surface area (Å²) in [5, 5.41) is 4.11. The summed E-state index contributed by atoms with van der Waals surface area (Å²) in [6, 6.07) is 8.18. The van der Waals surface area contributed by atoms with Crippen LogP contribution in [0.2, 0.25) is 5.02 Å². The van der Waals surface area contributed by atoms with Crippen molar-refractivity contribution >= 4 is 11.6 Å². The highest BCUT2D eigenvalue weighted by Gasteiger charge is 2.19. The molecule has 0 amide bonds. The number of nitrogens with zero attached hydrogens (tertiary/aromatic N) is 2. The van der Waals surface area contributed by atoms with E-state index in [-0.39, 0.29) is 0 Å². The lowest BCUT2D eigenvalue weighted by molar-refractivity contribution is 0.190. The number of rotatable bonds is 4. The minimum Gasteiger partial charge on any atom is -0.444 e. The molecule has 0 bridgehead atoms. The number of aromatic nitrogens is 1. The SMILES string of the molecule is CN(Cc1coc(-c2ccc(Cl)cc2)n1)C1CCNCC1. The zero-order valence-electron chi connectivity index (χ0n) is 12.2. The maximum atomic E-state index is 5.90. The van der Waals surface area contributed by atoms with Gasteiger partial charge in [-0.25, -0.2) is 4.98 Å². The van der Waals surface area contributed by atoms with Gasteiger partial charge in [0.1, 0.15) is 6.26 Å². The van der Waals surface area contributed by atoms with Crippen LogP contribution in [0.25, 0.3) is 11.5 Å². The fourth-order valence-corrected chi connectivity index (χ4v) is 2.86. The molecule has 1 N–H and O–H groups in total. The number of halogens is 1. The highest BCUT2D eigenvalue weighted by atomic mass is 35.5. The van der Waals surface area contributed by atoms with Crippen molar-refractivity contribution in [3.05, 3.63) is 41.2 Å². The molecule has 1 aromatic carbocycles. The normalized spacial score (nSPS) is 16.5. The van der Waals surface area contributed by atoms with Crippen LogP contribution >= 0.6 is 11.6 Å². The van der Waals surface area contributed by atoms with Crippen LogP contribution < -0.4 is 5.32 Å². The van der Waals surface area contributed by atoms with Gasteiger partial charge in [-0.15, -0.1) is 0 Å². The van der Waals surface area contributed by atoms with Crippen LogP contribution in [0.4, 0.5) is 0 Å². The topological polar surface area (TPSA) is 41.3 Å². The second kappa shape index (κ2) is 6.60. The van der Waals surface area contributed by atoms with Crippen LogP contribution in [0.5, 0.6) is 0 Å². The van der Waals surface area contributed by atoms with Crippen LogP contribution in [0.3, 0.4) is 0 Å². The van der Waals surface area contributed by atoms with E-state index >= 15 is 0 Å². The van der Waals surface area contributed by atoms with E-state index in [1.165, 1.54) is 12.8 Å². The third kappa shape index (κ3) is 3.64. The smallest absolute Gasteiger partial charge is 0.226 e. The van der Waals surface area contributed by atoms with Crippen molar-refractivity contribution in [1.82, 2.24) is 15.2 Å². The first-order valence-electron chi connectivity index (χ1n) is 7.33. The molecular weight excluding hydrogens is 286 g/mol. The van der Waals surface area contributed by atoms with Crippen LogP contribution in [0.15, 0.2) is 34.9 Å². The van der Waals surface area contributed by atoms with Crippen LogP contribution in [0.1, 0.15) is 18.5 Å². The maximum Gasteiger partial charge on any atom is 0.226 e. The van der Waals surface area contributed by atoms with Crippen LogP contribution in [-0.2, 0) is 6.54 Å². The van der Waals surface area contributed by atoms with Crippen LogP contribution in [0, 0.1) is 0 Å². The second-order valence-corrected chi connectivity index (χ2v) is 5.98. The molecule has 0 saturated carbocycles. The first-order valence-corrected chi connectivity index (χ1v) is 7.71. The Labute approximate surface area is 130 Å². The molecule has 3 rings (SSSR count). The summed E-state index contributed by atoms with van der Waals surface area (Å²) < 4.78 is 5.59. The zero-order valence-corrected chi connectivity index (χ0v) is 12.9. The van der Waals surface area contributed by atoms with Gasteiger partial charge in [0.15, 0.2) is 0 Å². The highest BCUT2D eigenvalue weighted by Crippen LogP contribution is 2.22. The second-order valence-electron chi connectivity index (χ2n) is 5.55. The third-order valence-corrected chi connectivity index (χ3v) is 4.24. The summed E-state index contributed by atoms with van der Waals surface area (Å²) in [6.45, 7) is 3.02. The van der Waals surface area contributed by atoms with E-state index in [9.17, 15) is 0 Å². The van der Waals surface area contributed by atoms with Gasteiger partial charge in [-0.2, -0.15) is 0 Å². The van der Waals surface area contributed by atoms with Gasteiger partial charge in [-0.1, -0.05) is 11.6 Å². The van der Waals surface area contributed by atoms with E-state index in [0.717, 1.165) is 35.9 Å². The Hall–Kier alpha value is -1.36. The minimum atomic E-state index is 0.627. The summed E-state index contributed by atoms with van der Waals surface area (Å²) in [5.74, 6) is 0.653. The molecule has 0 unspecified atom stereocenters. The monoisotopic (exact) mass is 305 g/mol. The molecule has 2 heterocycles. The fraction of sp³-hybridized carbons (Fsp3) is 0.438. The number of nitrogens with one attached hydrogen (secondary N) is 1. The maximum absolute atomic E-state index is 5.90. The van der Waals surface area contributed by atoms with E-state index in [1.807, 2.05) is 24.3 Å². The summed E-state index contributed by atoms with van der Waals surface area (Å²) in [4.78, 5) is 6.94. The van der Waals surface area contributed by atoms with Gasteiger partial charge in [0.05, 0.1) is 5.69 Å². The van der Waals surface area contributed by atoms with E-state index < -0.39 is 0 Å². The molecule has 1 saturated heterocycles. The lowest BCUT2D eigenvalue weighted by Crippen LogP contribution is -2.40. The Morgan fingerprint density at radius 2 is 2.00 bits per heavy atom. The number of benzene rings is 1. The van der Waals surface area contributed by atoms with Crippen molar-refractivity contribution in [3.63, 3.8) is 0 Å². The molecule has 1 aliphatic rings. The number of piperidine rings is 1. The molecular formula is C16H20ClN3O. The van der Waals surface area contributed by atoms with Crippen molar-refractivity contribution in [2.24, 2.45) is 0 Å². The van der Waals surface area contributed by atoms with Crippen molar-refractivity contribution < 1.29 is 4.42 Å². The van der Waals surface area contributed by atoms with Gasteiger partial charge in [0.2, 0.25) is 5.89 Å². The Kier molecular flexibility index (Phi) is 4.58. The number of hydrogen-bond acceptors (Lipinski definition) is 4. The van der Waals surface area contributed by atoms with Gasteiger partial charge >= 0.3 is 0 Å². The summed E-state index contributed by atoms with van der Waals surface area (Å²) >= 11 is 5.90. The third-order valence-electron chi connectivity index (χ3n) is 3.99. The summed E-state index contributed by atoms with van der Waals surface area (Å²) in [7, 11) is 2.16. The molecule has 1 aliphatic heterocycles.